The summed E-state index contributed by atoms with van der Waals surface area (Å²) in [6.45, 7) is 4.01. The maximum atomic E-state index is 11.9. The van der Waals surface area contributed by atoms with Crippen LogP contribution in [0.1, 0.15) is 39.0 Å². The average Bonchev–Trinajstić information content (AvgIpc) is 2.81. The van der Waals surface area contributed by atoms with E-state index in [1.165, 1.54) is 0 Å². The van der Waals surface area contributed by atoms with Gasteiger partial charge in [0.2, 0.25) is 11.8 Å². The highest BCUT2D eigenvalue weighted by atomic mass is 16.2. The van der Waals surface area contributed by atoms with Crippen molar-refractivity contribution in [1.82, 2.24) is 10.2 Å². The number of nitrogens with two attached hydrogens (primary N) is 1. The minimum atomic E-state index is -0.404. The molecule has 1 unspecified atom stereocenters. The van der Waals surface area contributed by atoms with Gasteiger partial charge in [0.25, 0.3) is 0 Å². The van der Waals surface area contributed by atoms with Crippen molar-refractivity contribution in [3.8, 4) is 0 Å². The Morgan fingerprint density at radius 2 is 1.94 bits per heavy atom. The standard InChI is InChI=1S/C12H23N3O2/c1-10(12(17)15-8-4-5-9-15)14-11(16)6-2-3-7-13/h10H,2-9,13H2,1H3,(H,14,16). The first-order valence-electron chi connectivity index (χ1n) is 6.43. The first kappa shape index (κ1) is 14.0. The molecule has 0 aromatic heterocycles. The van der Waals surface area contributed by atoms with Gasteiger partial charge in [0.05, 0.1) is 0 Å². The molecule has 98 valence electrons. The molecule has 0 spiro atoms. The summed E-state index contributed by atoms with van der Waals surface area (Å²) in [5, 5.41) is 2.74. The van der Waals surface area contributed by atoms with Crippen molar-refractivity contribution in [2.45, 2.75) is 45.1 Å². The first-order chi connectivity index (χ1) is 8.15. The number of rotatable bonds is 6. The Kier molecular flexibility index (Phi) is 5.97. The van der Waals surface area contributed by atoms with Crippen LogP contribution in [0.25, 0.3) is 0 Å². The Hall–Kier alpha value is -1.10. The van der Waals surface area contributed by atoms with Gasteiger partial charge in [0, 0.05) is 19.5 Å². The molecule has 1 fully saturated rings. The minimum absolute atomic E-state index is 0.0367. The van der Waals surface area contributed by atoms with Gasteiger partial charge in [-0.3, -0.25) is 9.59 Å². The molecule has 5 heteroatoms. The van der Waals surface area contributed by atoms with Gasteiger partial charge < -0.3 is 16.0 Å². The van der Waals surface area contributed by atoms with Crippen molar-refractivity contribution < 1.29 is 9.59 Å². The highest BCUT2D eigenvalue weighted by Crippen LogP contribution is 2.09. The van der Waals surface area contributed by atoms with Crippen LogP contribution < -0.4 is 11.1 Å². The predicted octanol–water partition coefficient (Wildman–Crippen LogP) is 0.243. The Labute approximate surface area is 103 Å². The van der Waals surface area contributed by atoms with Gasteiger partial charge in [0.15, 0.2) is 0 Å². The molecule has 2 amide bonds. The Bertz CT molecular complexity index is 262. The number of hydrogen-bond acceptors (Lipinski definition) is 3. The number of hydrogen-bond donors (Lipinski definition) is 2. The van der Waals surface area contributed by atoms with Crippen molar-refractivity contribution in [1.29, 1.82) is 0 Å². The van der Waals surface area contributed by atoms with Gasteiger partial charge in [0.1, 0.15) is 6.04 Å². The molecule has 0 bridgehead atoms. The molecular weight excluding hydrogens is 218 g/mol. The second-order valence-corrected chi connectivity index (χ2v) is 4.57. The van der Waals surface area contributed by atoms with Crippen molar-refractivity contribution in [3.63, 3.8) is 0 Å². The molecule has 1 heterocycles. The Morgan fingerprint density at radius 1 is 1.29 bits per heavy atom. The van der Waals surface area contributed by atoms with Crippen LogP contribution in [0.3, 0.4) is 0 Å². The zero-order valence-corrected chi connectivity index (χ0v) is 10.6. The van der Waals surface area contributed by atoms with E-state index in [2.05, 4.69) is 5.32 Å². The predicted molar refractivity (Wildman–Crippen MR) is 66.3 cm³/mol. The first-order valence-corrected chi connectivity index (χ1v) is 6.43. The molecule has 0 radical (unpaired) electrons. The quantitative estimate of drug-likeness (QED) is 0.654. The summed E-state index contributed by atoms with van der Waals surface area (Å²) in [5.74, 6) is -0.0202. The maximum Gasteiger partial charge on any atom is 0.244 e. The molecule has 1 aliphatic rings. The van der Waals surface area contributed by atoms with Crippen LogP contribution in [-0.4, -0.2) is 42.4 Å². The lowest BCUT2D eigenvalue weighted by atomic mass is 10.2. The fraction of sp³-hybridized carbons (Fsp3) is 0.833. The fourth-order valence-corrected chi connectivity index (χ4v) is 2.02. The summed E-state index contributed by atoms with van der Waals surface area (Å²) in [5.41, 5.74) is 5.35. The molecule has 1 aliphatic heterocycles. The lowest BCUT2D eigenvalue weighted by Gasteiger charge is -2.21. The molecule has 17 heavy (non-hydrogen) atoms. The largest absolute Gasteiger partial charge is 0.345 e. The van der Waals surface area contributed by atoms with Gasteiger partial charge in [-0.25, -0.2) is 0 Å². The number of nitrogens with one attached hydrogen (secondary N) is 1. The minimum Gasteiger partial charge on any atom is -0.345 e. The van der Waals surface area contributed by atoms with Crippen LogP contribution in [0, 0.1) is 0 Å². The number of amides is 2. The van der Waals surface area contributed by atoms with E-state index in [1.54, 1.807) is 6.92 Å². The Balaban J connectivity index is 2.24. The van der Waals surface area contributed by atoms with E-state index in [-0.39, 0.29) is 11.8 Å². The smallest absolute Gasteiger partial charge is 0.244 e. The monoisotopic (exact) mass is 241 g/mol. The number of carbonyl (C=O) groups excluding carboxylic acids is 2. The molecule has 1 saturated heterocycles. The third-order valence-corrected chi connectivity index (χ3v) is 3.02. The van der Waals surface area contributed by atoms with Crippen LogP contribution in [-0.2, 0) is 9.59 Å². The third-order valence-electron chi connectivity index (χ3n) is 3.02. The van der Waals surface area contributed by atoms with Crippen molar-refractivity contribution in [2.24, 2.45) is 5.73 Å². The Morgan fingerprint density at radius 3 is 2.53 bits per heavy atom. The van der Waals surface area contributed by atoms with Crippen molar-refractivity contribution >= 4 is 11.8 Å². The summed E-state index contributed by atoms with van der Waals surface area (Å²) < 4.78 is 0. The second kappa shape index (κ2) is 7.27. The van der Waals surface area contributed by atoms with Crippen LogP contribution in [0.5, 0.6) is 0 Å². The third kappa shape index (κ3) is 4.73. The maximum absolute atomic E-state index is 11.9. The number of nitrogens with zero attached hydrogens (tertiary/aromatic N) is 1. The molecule has 0 aliphatic carbocycles. The molecule has 3 N–H and O–H groups in total. The molecular formula is C12H23N3O2. The average molecular weight is 241 g/mol. The van der Waals surface area contributed by atoms with E-state index < -0.39 is 6.04 Å². The SMILES string of the molecule is CC(NC(=O)CCCCN)C(=O)N1CCCC1. The molecule has 0 aromatic carbocycles. The van der Waals surface area contributed by atoms with Crippen LogP contribution in [0.4, 0.5) is 0 Å². The van der Waals surface area contributed by atoms with Gasteiger partial charge in [-0.1, -0.05) is 0 Å². The second-order valence-electron chi connectivity index (χ2n) is 4.57. The fourth-order valence-electron chi connectivity index (χ4n) is 2.02. The van der Waals surface area contributed by atoms with Crippen LogP contribution >= 0.6 is 0 Å². The van der Waals surface area contributed by atoms with Gasteiger partial charge >= 0.3 is 0 Å². The van der Waals surface area contributed by atoms with E-state index in [4.69, 9.17) is 5.73 Å². The van der Waals surface area contributed by atoms with E-state index in [9.17, 15) is 9.59 Å². The van der Waals surface area contributed by atoms with Gasteiger partial charge in [-0.2, -0.15) is 0 Å². The lowest BCUT2D eigenvalue weighted by molar-refractivity contribution is -0.135. The number of carbonyl (C=O) groups is 2. The van der Waals surface area contributed by atoms with E-state index in [0.29, 0.717) is 13.0 Å². The van der Waals surface area contributed by atoms with Crippen molar-refractivity contribution in [3.05, 3.63) is 0 Å². The zero-order valence-electron chi connectivity index (χ0n) is 10.6. The number of likely N-dealkylation sites (tertiary alicyclic amines) is 1. The van der Waals surface area contributed by atoms with E-state index >= 15 is 0 Å². The van der Waals surface area contributed by atoms with E-state index in [1.807, 2.05) is 4.90 Å². The normalized spacial score (nSPS) is 16.9. The van der Waals surface area contributed by atoms with E-state index in [0.717, 1.165) is 38.8 Å². The summed E-state index contributed by atoms with van der Waals surface area (Å²) in [7, 11) is 0. The topological polar surface area (TPSA) is 75.4 Å². The summed E-state index contributed by atoms with van der Waals surface area (Å²) in [4.78, 5) is 25.3. The highest BCUT2D eigenvalue weighted by molar-refractivity contribution is 5.87. The van der Waals surface area contributed by atoms with Crippen molar-refractivity contribution in [2.75, 3.05) is 19.6 Å². The summed E-state index contributed by atoms with van der Waals surface area (Å²) in [6.07, 6.45) is 4.23. The molecule has 1 atom stereocenters. The van der Waals surface area contributed by atoms with Gasteiger partial charge in [-0.05, 0) is 39.2 Å². The van der Waals surface area contributed by atoms with Gasteiger partial charge in [-0.15, -0.1) is 0 Å². The molecule has 5 nitrogen and oxygen atoms in total. The van der Waals surface area contributed by atoms with Crippen LogP contribution in [0.15, 0.2) is 0 Å². The lowest BCUT2D eigenvalue weighted by Crippen LogP contribution is -2.45. The number of unbranched alkanes of at least 4 members (excludes halogenated alkanes) is 1. The molecule has 0 saturated carbocycles. The summed E-state index contributed by atoms with van der Waals surface area (Å²) in [6, 6.07) is -0.404. The zero-order chi connectivity index (χ0) is 12.7. The molecule has 1 rings (SSSR count). The molecule has 0 aromatic rings. The summed E-state index contributed by atoms with van der Waals surface area (Å²) >= 11 is 0. The highest BCUT2D eigenvalue weighted by Gasteiger charge is 2.23. The van der Waals surface area contributed by atoms with Crippen LogP contribution in [0.2, 0.25) is 0 Å².